The molecule has 0 aliphatic heterocycles. The van der Waals surface area contributed by atoms with Crippen molar-refractivity contribution >= 4 is 17.6 Å². The van der Waals surface area contributed by atoms with Crippen LogP contribution in [0.2, 0.25) is 0 Å². The maximum atomic E-state index is 13.1. The number of nitrogens with one attached hydrogen (secondary N) is 1. The Balaban J connectivity index is 1.74. The zero-order valence-electron chi connectivity index (χ0n) is 16.9. The molecule has 0 unspecified atom stereocenters. The van der Waals surface area contributed by atoms with Crippen LogP contribution in [0, 0.1) is 6.92 Å². The van der Waals surface area contributed by atoms with Crippen LogP contribution in [0.5, 0.6) is 0 Å². The van der Waals surface area contributed by atoms with E-state index in [0.29, 0.717) is 17.1 Å². The van der Waals surface area contributed by atoms with Gasteiger partial charge < -0.3 is 14.7 Å². The number of amides is 2. The monoisotopic (exact) mass is 391 g/mol. The van der Waals surface area contributed by atoms with Gasteiger partial charge in [-0.3, -0.25) is 9.59 Å². The lowest BCUT2D eigenvalue weighted by Crippen LogP contribution is -2.43. The van der Waals surface area contributed by atoms with Crippen LogP contribution in [-0.4, -0.2) is 34.5 Å². The van der Waals surface area contributed by atoms with Gasteiger partial charge in [-0.1, -0.05) is 54.5 Å². The van der Waals surface area contributed by atoms with E-state index in [-0.39, 0.29) is 24.4 Å². The number of hydrogen-bond donors (Lipinski definition) is 1. The Morgan fingerprint density at radius 1 is 1.07 bits per heavy atom. The topological polar surface area (TPSA) is 75.4 Å². The summed E-state index contributed by atoms with van der Waals surface area (Å²) < 4.78 is 4.96. The molecule has 2 aromatic carbocycles. The van der Waals surface area contributed by atoms with E-state index in [1.807, 2.05) is 56.3 Å². The van der Waals surface area contributed by atoms with Crippen molar-refractivity contribution in [3.63, 3.8) is 0 Å². The molecule has 1 atom stereocenters. The lowest BCUT2D eigenvalue weighted by Gasteiger charge is -2.28. The van der Waals surface area contributed by atoms with Gasteiger partial charge in [0.25, 0.3) is 5.91 Å². The van der Waals surface area contributed by atoms with E-state index in [4.69, 9.17) is 4.52 Å². The Morgan fingerprint density at radius 2 is 1.72 bits per heavy atom. The highest BCUT2D eigenvalue weighted by Crippen LogP contribution is 2.20. The van der Waals surface area contributed by atoms with Gasteiger partial charge in [-0.25, -0.2) is 0 Å². The molecule has 0 fully saturated rings. The van der Waals surface area contributed by atoms with Crippen molar-refractivity contribution in [2.75, 3.05) is 11.9 Å². The number of benzene rings is 2. The van der Waals surface area contributed by atoms with Crippen molar-refractivity contribution in [1.29, 1.82) is 0 Å². The first-order valence-electron chi connectivity index (χ1n) is 9.67. The summed E-state index contributed by atoms with van der Waals surface area (Å²) in [6.45, 7) is 5.61. The Hall–Kier alpha value is -3.41. The third-order valence-electron chi connectivity index (χ3n) is 4.83. The minimum Gasteiger partial charge on any atom is -0.360 e. The molecule has 1 aromatic heterocycles. The van der Waals surface area contributed by atoms with Crippen molar-refractivity contribution in [1.82, 2.24) is 10.1 Å². The molecule has 0 spiro atoms. The molecule has 3 rings (SSSR count). The van der Waals surface area contributed by atoms with Gasteiger partial charge in [0.2, 0.25) is 5.91 Å². The minimum absolute atomic E-state index is 0.0554. The summed E-state index contributed by atoms with van der Waals surface area (Å²) in [5.41, 5.74) is 2.68. The van der Waals surface area contributed by atoms with Crippen LogP contribution in [0.15, 0.2) is 65.2 Å². The number of aromatic nitrogens is 1. The van der Waals surface area contributed by atoms with Crippen molar-refractivity contribution in [3.8, 4) is 11.1 Å². The van der Waals surface area contributed by atoms with Crippen molar-refractivity contribution < 1.29 is 14.1 Å². The Kier molecular flexibility index (Phi) is 6.44. The van der Waals surface area contributed by atoms with Crippen LogP contribution in [0.4, 0.5) is 5.82 Å². The molecule has 1 heterocycles. The molecule has 3 aromatic rings. The van der Waals surface area contributed by atoms with Gasteiger partial charge >= 0.3 is 0 Å². The van der Waals surface area contributed by atoms with Gasteiger partial charge in [0.1, 0.15) is 12.3 Å². The molecule has 0 saturated carbocycles. The third-order valence-corrected chi connectivity index (χ3v) is 4.83. The van der Waals surface area contributed by atoms with Crippen LogP contribution >= 0.6 is 0 Å². The van der Waals surface area contributed by atoms with E-state index in [1.165, 1.54) is 0 Å². The fourth-order valence-electron chi connectivity index (χ4n) is 3.01. The Bertz CT molecular complexity index is 965. The van der Waals surface area contributed by atoms with E-state index in [0.717, 1.165) is 17.5 Å². The Labute approximate surface area is 170 Å². The van der Waals surface area contributed by atoms with E-state index in [2.05, 4.69) is 10.5 Å². The fraction of sp³-hybridized carbons (Fsp3) is 0.261. The number of aryl methyl sites for hydroxylation is 1. The number of carbonyl (C=O) groups excluding carboxylic acids is 2. The second kappa shape index (κ2) is 9.19. The highest BCUT2D eigenvalue weighted by Gasteiger charge is 2.23. The largest absolute Gasteiger partial charge is 0.360 e. The molecule has 0 aliphatic carbocycles. The van der Waals surface area contributed by atoms with Crippen LogP contribution in [0.3, 0.4) is 0 Å². The summed E-state index contributed by atoms with van der Waals surface area (Å²) in [5.74, 6) is 0.461. The van der Waals surface area contributed by atoms with Crippen molar-refractivity contribution in [2.45, 2.75) is 33.2 Å². The average Bonchev–Trinajstić information content (AvgIpc) is 3.16. The molecule has 0 radical (unpaired) electrons. The number of anilines is 1. The summed E-state index contributed by atoms with van der Waals surface area (Å²) >= 11 is 0. The molecule has 2 amide bonds. The molecule has 0 bridgehead atoms. The highest BCUT2D eigenvalue weighted by atomic mass is 16.5. The van der Waals surface area contributed by atoms with E-state index >= 15 is 0 Å². The number of nitrogens with zero attached hydrogens (tertiary/aromatic N) is 2. The van der Waals surface area contributed by atoms with E-state index in [9.17, 15) is 9.59 Å². The molecule has 150 valence electrons. The van der Waals surface area contributed by atoms with Gasteiger partial charge in [-0.2, -0.15) is 0 Å². The third kappa shape index (κ3) is 5.10. The Morgan fingerprint density at radius 3 is 2.31 bits per heavy atom. The fourth-order valence-corrected chi connectivity index (χ4v) is 3.01. The zero-order valence-corrected chi connectivity index (χ0v) is 16.9. The molecule has 0 aliphatic rings. The van der Waals surface area contributed by atoms with Gasteiger partial charge in [0.15, 0.2) is 5.82 Å². The van der Waals surface area contributed by atoms with Gasteiger partial charge in [0.05, 0.1) is 0 Å². The number of hydrogen-bond acceptors (Lipinski definition) is 4. The van der Waals surface area contributed by atoms with Gasteiger partial charge in [-0.05, 0) is 43.5 Å². The van der Waals surface area contributed by atoms with Crippen LogP contribution in [0.25, 0.3) is 11.1 Å². The summed E-state index contributed by atoms with van der Waals surface area (Å²) in [7, 11) is 0. The highest BCUT2D eigenvalue weighted by molar-refractivity contribution is 5.99. The lowest BCUT2D eigenvalue weighted by molar-refractivity contribution is -0.117. The molecular weight excluding hydrogens is 366 g/mol. The van der Waals surface area contributed by atoms with Crippen LogP contribution in [0.1, 0.15) is 36.4 Å². The smallest absolute Gasteiger partial charge is 0.254 e. The SMILES string of the molecule is CC[C@@H](C)N(CC(=O)Nc1cc(C)on1)C(=O)c1ccc(-c2ccccc2)cc1. The second-order valence-corrected chi connectivity index (χ2v) is 7.00. The van der Waals surface area contributed by atoms with Crippen molar-refractivity contribution in [3.05, 3.63) is 72.0 Å². The maximum Gasteiger partial charge on any atom is 0.254 e. The van der Waals surface area contributed by atoms with Crippen molar-refractivity contribution in [2.24, 2.45) is 0 Å². The predicted octanol–water partition coefficient (Wildman–Crippen LogP) is 4.53. The lowest BCUT2D eigenvalue weighted by atomic mass is 10.0. The van der Waals surface area contributed by atoms with Crippen LogP contribution < -0.4 is 5.32 Å². The molecule has 6 heteroatoms. The van der Waals surface area contributed by atoms with Gasteiger partial charge in [0, 0.05) is 17.7 Å². The predicted molar refractivity (Wildman–Crippen MR) is 113 cm³/mol. The standard InChI is InChI=1S/C23H25N3O3/c1-4-16(2)26(15-22(27)24-21-14-17(3)29-25-21)23(28)20-12-10-19(11-13-20)18-8-6-5-7-9-18/h5-14,16H,4,15H2,1-3H3,(H,24,25,27)/t16-/m1/s1. The summed E-state index contributed by atoms with van der Waals surface area (Å²) in [6, 6.07) is 19.0. The summed E-state index contributed by atoms with van der Waals surface area (Å²) in [6.07, 6.45) is 0.740. The first-order chi connectivity index (χ1) is 14.0. The van der Waals surface area contributed by atoms with E-state index < -0.39 is 0 Å². The molecule has 29 heavy (non-hydrogen) atoms. The minimum atomic E-state index is -0.312. The quantitative estimate of drug-likeness (QED) is 0.642. The number of carbonyl (C=O) groups is 2. The molecule has 1 N–H and O–H groups in total. The molecule has 0 saturated heterocycles. The maximum absolute atomic E-state index is 13.1. The molecular formula is C23H25N3O3. The normalized spacial score (nSPS) is 11.7. The zero-order chi connectivity index (χ0) is 20.8. The summed E-state index contributed by atoms with van der Waals surface area (Å²) in [5, 5.41) is 6.43. The molecule has 6 nitrogen and oxygen atoms in total. The van der Waals surface area contributed by atoms with Crippen LogP contribution in [-0.2, 0) is 4.79 Å². The summed E-state index contributed by atoms with van der Waals surface area (Å²) in [4.78, 5) is 27.1. The van der Waals surface area contributed by atoms with Gasteiger partial charge in [-0.15, -0.1) is 0 Å². The first kappa shape index (κ1) is 20.3. The number of rotatable bonds is 7. The average molecular weight is 391 g/mol. The first-order valence-corrected chi connectivity index (χ1v) is 9.67. The second-order valence-electron chi connectivity index (χ2n) is 7.00. The van der Waals surface area contributed by atoms with E-state index in [1.54, 1.807) is 30.0 Å².